The number of aromatic nitrogens is 1. The lowest BCUT2D eigenvalue weighted by molar-refractivity contribution is 0.708. The highest BCUT2D eigenvalue weighted by Gasteiger charge is 2.16. The molecule has 4 heteroatoms. The van der Waals surface area contributed by atoms with Gasteiger partial charge in [0, 0.05) is 29.8 Å². The SMILES string of the molecule is NC1N=C(c2ccncc2)C=CN1c1ccccc1. The van der Waals surface area contributed by atoms with Gasteiger partial charge < -0.3 is 4.90 Å². The Balaban J connectivity index is 1.87. The van der Waals surface area contributed by atoms with Crippen LogP contribution in [0.3, 0.4) is 0 Å². The maximum Gasteiger partial charge on any atom is 0.178 e. The van der Waals surface area contributed by atoms with Crippen LogP contribution in [0, 0.1) is 0 Å². The van der Waals surface area contributed by atoms with E-state index in [-0.39, 0.29) is 0 Å². The molecule has 1 unspecified atom stereocenters. The van der Waals surface area contributed by atoms with Crippen molar-refractivity contribution in [1.82, 2.24) is 4.98 Å². The normalized spacial score (nSPS) is 18.3. The van der Waals surface area contributed by atoms with Crippen LogP contribution in [0.25, 0.3) is 0 Å². The predicted octanol–water partition coefficient (Wildman–Crippen LogP) is 2.15. The summed E-state index contributed by atoms with van der Waals surface area (Å²) < 4.78 is 0. The van der Waals surface area contributed by atoms with E-state index in [0.717, 1.165) is 17.0 Å². The summed E-state index contributed by atoms with van der Waals surface area (Å²) in [6, 6.07) is 13.8. The Morgan fingerprint density at radius 1 is 1.00 bits per heavy atom. The summed E-state index contributed by atoms with van der Waals surface area (Å²) in [6.07, 6.45) is 7.02. The predicted molar refractivity (Wildman–Crippen MR) is 76.8 cm³/mol. The number of nitrogens with zero attached hydrogens (tertiary/aromatic N) is 3. The number of hydrogen-bond donors (Lipinski definition) is 1. The number of para-hydroxylation sites is 1. The third kappa shape index (κ3) is 2.39. The van der Waals surface area contributed by atoms with Crippen LogP contribution in [-0.2, 0) is 0 Å². The van der Waals surface area contributed by atoms with Gasteiger partial charge in [0.1, 0.15) is 0 Å². The smallest absolute Gasteiger partial charge is 0.178 e. The molecule has 1 aromatic heterocycles. The Morgan fingerprint density at radius 2 is 1.74 bits per heavy atom. The molecule has 4 nitrogen and oxygen atoms in total. The Morgan fingerprint density at radius 3 is 2.42 bits per heavy atom. The Hall–Kier alpha value is -2.46. The van der Waals surface area contributed by atoms with Gasteiger partial charge in [-0.1, -0.05) is 18.2 Å². The number of benzene rings is 1. The molecule has 0 bridgehead atoms. The molecule has 19 heavy (non-hydrogen) atoms. The number of anilines is 1. The Bertz CT molecular complexity index is 605. The second-order valence-electron chi connectivity index (χ2n) is 4.22. The molecule has 1 aliphatic heterocycles. The first-order valence-corrected chi connectivity index (χ1v) is 6.10. The summed E-state index contributed by atoms with van der Waals surface area (Å²) in [4.78, 5) is 10.5. The number of aliphatic imine (C=N–C) groups is 1. The van der Waals surface area contributed by atoms with Crippen LogP contribution in [-0.4, -0.2) is 17.0 Å². The second kappa shape index (κ2) is 5.04. The summed E-state index contributed by atoms with van der Waals surface area (Å²) >= 11 is 0. The molecule has 0 amide bonds. The quantitative estimate of drug-likeness (QED) is 0.888. The molecule has 0 fully saturated rings. The Kier molecular flexibility index (Phi) is 3.08. The van der Waals surface area contributed by atoms with E-state index in [1.54, 1.807) is 12.4 Å². The first kappa shape index (κ1) is 11.6. The molecule has 2 aromatic rings. The highest BCUT2D eigenvalue weighted by atomic mass is 15.3. The van der Waals surface area contributed by atoms with Gasteiger partial charge in [-0.3, -0.25) is 10.7 Å². The highest BCUT2D eigenvalue weighted by Crippen LogP contribution is 2.19. The molecule has 2 N–H and O–H groups in total. The zero-order chi connectivity index (χ0) is 13.1. The molecule has 0 aliphatic carbocycles. The van der Waals surface area contributed by atoms with Crippen LogP contribution in [0.2, 0.25) is 0 Å². The first-order valence-electron chi connectivity index (χ1n) is 6.10. The van der Waals surface area contributed by atoms with Crippen LogP contribution in [0.5, 0.6) is 0 Å². The topological polar surface area (TPSA) is 54.5 Å². The third-order valence-electron chi connectivity index (χ3n) is 2.98. The van der Waals surface area contributed by atoms with E-state index in [1.807, 2.05) is 59.6 Å². The minimum Gasteiger partial charge on any atom is -0.313 e. The molecule has 1 aliphatic rings. The minimum absolute atomic E-state index is 0.407. The van der Waals surface area contributed by atoms with Crippen molar-refractivity contribution in [2.24, 2.45) is 10.7 Å². The molecule has 1 atom stereocenters. The van der Waals surface area contributed by atoms with Crippen molar-refractivity contribution in [3.05, 3.63) is 72.7 Å². The van der Waals surface area contributed by atoms with Crippen LogP contribution < -0.4 is 10.6 Å². The van der Waals surface area contributed by atoms with Gasteiger partial charge in [0.05, 0.1) is 5.71 Å². The van der Waals surface area contributed by atoms with E-state index in [4.69, 9.17) is 5.73 Å². The molecule has 0 saturated carbocycles. The molecule has 0 saturated heterocycles. The van der Waals surface area contributed by atoms with Gasteiger partial charge in [-0.05, 0) is 30.3 Å². The minimum atomic E-state index is -0.407. The number of nitrogens with two attached hydrogens (primary N) is 1. The number of hydrogen-bond acceptors (Lipinski definition) is 4. The van der Waals surface area contributed by atoms with Gasteiger partial charge in [0.25, 0.3) is 0 Å². The monoisotopic (exact) mass is 250 g/mol. The van der Waals surface area contributed by atoms with Gasteiger partial charge in [0.2, 0.25) is 0 Å². The lowest BCUT2D eigenvalue weighted by Crippen LogP contribution is -2.39. The van der Waals surface area contributed by atoms with E-state index in [1.165, 1.54) is 0 Å². The molecule has 2 heterocycles. The van der Waals surface area contributed by atoms with E-state index >= 15 is 0 Å². The van der Waals surface area contributed by atoms with E-state index in [9.17, 15) is 0 Å². The summed E-state index contributed by atoms with van der Waals surface area (Å²) in [5.41, 5.74) is 9.04. The van der Waals surface area contributed by atoms with Crippen LogP contribution in [0.4, 0.5) is 5.69 Å². The van der Waals surface area contributed by atoms with E-state index in [2.05, 4.69) is 9.98 Å². The van der Waals surface area contributed by atoms with Gasteiger partial charge >= 0.3 is 0 Å². The van der Waals surface area contributed by atoms with E-state index in [0.29, 0.717) is 0 Å². The van der Waals surface area contributed by atoms with Crippen molar-refractivity contribution >= 4 is 11.4 Å². The summed E-state index contributed by atoms with van der Waals surface area (Å²) in [7, 11) is 0. The summed E-state index contributed by atoms with van der Waals surface area (Å²) in [6.45, 7) is 0. The number of pyridine rings is 1. The van der Waals surface area contributed by atoms with Crippen molar-refractivity contribution in [3.8, 4) is 0 Å². The van der Waals surface area contributed by atoms with Gasteiger partial charge in [-0.2, -0.15) is 0 Å². The third-order valence-corrected chi connectivity index (χ3v) is 2.98. The molecule has 3 rings (SSSR count). The van der Waals surface area contributed by atoms with Crippen LogP contribution in [0.1, 0.15) is 5.56 Å². The van der Waals surface area contributed by atoms with Gasteiger partial charge in [0.15, 0.2) is 6.29 Å². The molecule has 0 radical (unpaired) electrons. The van der Waals surface area contributed by atoms with Gasteiger partial charge in [-0.15, -0.1) is 0 Å². The maximum absolute atomic E-state index is 6.11. The average molecular weight is 250 g/mol. The first-order chi connectivity index (χ1) is 9.34. The molecular weight excluding hydrogens is 236 g/mol. The standard InChI is InChI=1S/C15H14N4/c16-15-18-14(12-6-9-17-10-7-12)8-11-19(15)13-4-2-1-3-5-13/h1-11,15H,16H2. The van der Waals surface area contributed by atoms with Crippen molar-refractivity contribution < 1.29 is 0 Å². The average Bonchev–Trinajstić information content (AvgIpc) is 2.49. The molecular formula is C15H14N4. The zero-order valence-corrected chi connectivity index (χ0v) is 10.3. The summed E-state index contributed by atoms with van der Waals surface area (Å²) in [5.74, 6) is 0. The Labute approximate surface area is 111 Å². The fourth-order valence-corrected chi connectivity index (χ4v) is 2.02. The fraction of sp³-hybridized carbons (Fsp3) is 0.0667. The van der Waals surface area contributed by atoms with Crippen molar-refractivity contribution in [3.63, 3.8) is 0 Å². The largest absolute Gasteiger partial charge is 0.313 e. The zero-order valence-electron chi connectivity index (χ0n) is 10.3. The molecule has 94 valence electrons. The number of rotatable bonds is 2. The van der Waals surface area contributed by atoms with Crippen molar-refractivity contribution in [2.75, 3.05) is 4.90 Å². The fourth-order valence-electron chi connectivity index (χ4n) is 2.02. The second-order valence-corrected chi connectivity index (χ2v) is 4.22. The lowest BCUT2D eigenvalue weighted by atomic mass is 10.1. The molecule has 1 aromatic carbocycles. The maximum atomic E-state index is 6.11. The van der Waals surface area contributed by atoms with E-state index < -0.39 is 6.29 Å². The highest BCUT2D eigenvalue weighted by molar-refractivity contribution is 6.09. The van der Waals surface area contributed by atoms with Crippen molar-refractivity contribution in [1.29, 1.82) is 0 Å². The van der Waals surface area contributed by atoms with Crippen LogP contribution >= 0.6 is 0 Å². The lowest BCUT2D eigenvalue weighted by Gasteiger charge is -2.28. The van der Waals surface area contributed by atoms with Crippen molar-refractivity contribution in [2.45, 2.75) is 6.29 Å². The summed E-state index contributed by atoms with van der Waals surface area (Å²) in [5, 5.41) is 0. The number of allylic oxidation sites excluding steroid dienone is 1. The van der Waals surface area contributed by atoms with Crippen LogP contribution in [0.15, 0.2) is 72.1 Å². The van der Waals surface area contributed by atoms with Gasteiger partial charge in [-0.25, -0.2) is 4.99 Å². The molecule has 0 spiro atoms.